The van der Waals surface area contributed by atoms with Gasteiger partial charge in [-0.25, -0.2) is 9.37 Å². The van der Waals surface area contributed by atoms with E-state index in [0.29, 0.717) is 5.56 Å². The number of alkyl halides is 1. The number of nitrogens with one attached hydrogen (secondary N) is 3. The van der Waals surface area contributed by atoms with E-state index in [1.807, 2.05) is 19.1 Å². The van der Waals surface area contributed by atoms with E-state index in [-0.39, 0.29) is 51.6 Å². The van der Waals surface area contributed by atoms with E-state index in [0.717, 1.165) is 16.1 Å². The molecule has 1 saturated carbocycles. The molecule has 4 amide bonds. The third kappa shape index (κ3) is 8.66. The molecular formula is C32H42FN5O7S. The zero-order chi connectivity index (χ0) is 33.8. The molecule has 14 heteroatoms. The molecule has 5 N–H and O–H groups in total. The number of carbonyl (C=O) groups excluding carboxylic acids is 4. The maximum atomic E-state index is 14.5. The van der Waals surface area contributed by atoms with Gasteiger partial charge in [-0.05, 0) is 42.7 Å². The van der Waals surface area contributed by atoms with Gasteiger partial charge in [-0.2, -0.15) is 0 Å². The predicted molar refractivity (Wildman–Crippen MR) is 168 cm³/mol. The molecule has 1 aromatic heterocycles. The average molecular weight is 660 g/mol. The predicted octanol–water partition coefficient (Wildman–Crippen LogP) is 2.64. The first-order valence-electron chi connectivity index (χ1n) is 15.4. The topological polar surface area (TPSA) is 178 Å². The smallest absolute Gasteiger partial charge is 0.303 e. The molecule has 250 valence electrons. The number of nitrogens with zero attached hydrogens (tertiary/aromatic N) is 2. The number of carboxylic acids is 1. The maximum absolute atomic E-state index is 14.5. The summed E-state index contributed by atoms with van der Waals surface area (Å²) < 4.78 is 14.5. The van der Waals surface area contributed by atoms with Crippen molar-refractivity contribution in [2.24, 2.45) is 5.41 Å². The van der Waals surface area contributed by atoms with Crippen molar-refractivity contribution in [3.05, 3.63) is 41.0 Å². The fourth-order valence-corrected chi connectivity index (χ4v) is 6.22. The summed E-state index contributed by atoms with van der Waals surface area (Å²) in [6, 6.07) is 4.23. The van der Waals surface area contributed by atoms with Crippen LogP contribution < -0.4 is 16.0 Å². The van der Waals surface area contributed by atoms with Crippen LogP contribution in [-0.4, -0.2) is 86.6 Å². The van der Waals surface area contributed by atoms with Crippen molar-refractivity contribution in [2.75, 3.05) is 13.1 Å². The zero-order valence-corrected chi connectivity index (χ0v) is 27.3. The molecule has 1 aliphatic carbocycles. The van der Waals surface area contributed by atoms with Crippen LogP contribution in [0.3, 0.4) is 0 Å². The number of hydrogen-bond acceptors (Lipinski definition) is 8. The van der Waals surface area contributed by atoms with Crippen molar-refractivity contribution in [3.63, 3.8) is 0 Å². The highest BCUT2D eigenvalue weighted by atomic mass is 32.1. The van der Waals surface area contributed by atoms with E-state index >= 15 is 0 Å². The lowest BCUT2D eigenvalue weighted by Crippen LogP contribution is -2.59. The van der Waals surface area contributed by atoms with Crippen LogP contribution >= 0.6 is 11.3 Å². The van der Waals surface area contributed by atoms with Crippen LogP contribution in [0.15, 0.2) is 29.8 Å². The van der Waals surface area contributed by atoms with Crippen molar-refractivity contribution < 1.29 is 38.6 Å². The number of aliphatic hydroxyl groups excluding tert-OH is 1. The van der Waals surface area contributed by atoms with Gasteiger partial charge < -0.3 is 31.1 Å². The molecule has 2 heterocycles. The molecule has 1 aliphatic heterocycles. The fraction of sp³-hybridized carbons (Fsp3) is 0.562. The first-order valence-corrected chi connectivity index (χ1v) is 16.2. The van der Waals surface area contributed by atoms with Crippen molar-refractivity contribution in [3.8, 4) is 10.4 Å². The van der Waals surface area contributed by atoms with Gasteiger partial charge in [0.15, 0.2) is 5.67 Å². The number of amides is 4. The number of thiazole rings is 1. The lowest BCUT2D eigenvalue weighted by Gasteiger charge is -2.36. The molecule has 12 nitrogen and oxygen atoms in total. The summed E-state index contributed by atoms with van der Waals surface area (Å²) in [5.41, 5.74) is 1.33. The summed E-state index contributed by atoms with van der Waals surface area (Å²) in [5, 5.41) is 27.5. The van der Waals surface area contributed by atoms with E-state index in [1.165, 1.54) is 16.2 Å². The second-order valence-corrected chi connectivity index (χ2v) is 14.0. The van der Waals surface area contributed by atoms with Crippen molar-refractivity contribution >= 4 is 40.9 Å². The van der Waals surface area contributed by atoms with Crippen molar-refractivity contribution in [2.45, 2.75) is 96.1 Å². The van der Waals surface area contributed by atoms with Crippen LogP contribution in [0.2, 0.25) is 0 Å². The molecule has 0 spiro atoms. The minimum atomic E-state index is -2.00. The zero-order valence-electron chi connectivity index (χ0n) is 26.5. The summed E-state index contributed by atoms with van der Waals surface area (Å²) in [5.74, 6) is -3.46. The molecule has 2 unspecified atom stereocenters. The van der Waals surface area contributed by atoms with E-state index in [2.05, 4.69) is 20.9 Å². The van der Waals surface area contributed by atoms with Crippen LogP contribution in [0.25, 0.3) is 10.4 Å². The highest BCUT2D eigenvalue weighted by molar-refractivity contribution is 7.13. The van der Waals surface area contributed by atoms with Crippen LogP contribution in [0, 0.1) is 12.3 Å². The number of halogens is 1. The van der Waals surface area contributed by atoms with E-state index in [4.69, 9.17) is 5.11 Å². The van der Waals surface area contributed by atoms with Gasteiger partial charge in [0.05, 0.1) is 34.6 Å². The molecular weight excluding hydrogens is 617 g/mol. The first-order chi connectivity index (χ1) is 21.6. The number of aromatic nitrogens is 1. The Morgan fingerprint density at radius 1 is 1.13 bits per heavy atom. The molecule has 0 radical (unpaired) electrons. The normalized spacial score (nSPS) is 20.0. The Bertz CT molecular complexity index is 1450. The van der Waals surface area contributed by atoms with Crippen LogP contribution in [0.1, 0.15) is 76.6 Å². The summed E-state index contributed by atoms with van der Waals surface area (Å²) in [6.07, 6.45) is -0.937. The molecule has 1 saturated heterocycles. The van der Waals surface area contributed by atoms with Gasteiger partial charge >= 0.3 is 5.97 Å². The number of carbonyl (C=O) groups is 5. The summed E-state index contributed by atoms with van der Waals surface area (Å²) in [4.78, 5) is 70.4. The molecule has 46 heavy (non-hydrogen) atoms. The van der Waals surface area contributed by atoms with Gasteiger partial charge in [-0.3, -0.25) is 24.0 Å². The minimum absolute atomic E-state index is 0.0624. The van der Waals surface area contributed by atoms with Crippen LogP contribution in [0.5, 0.6) is 0 Å². The van der Waals surface area contributed by atoms with Gasteiger partial charge in [0, 0.05) is 25.9 Å². The summed E-state index contributed by atoms with van der Waals surface area (Å²) >= 11 is 1.49. The number of β-amino-alcohol motifs (C(OH)–C–C–N with tert-alkyl or cyclic N) is 1. The van der Waals surface area contributed by atoms with E-state index in [1.54, 1.807) is 38.4 Å². The Kier molecular flexibility index (Phi) is 10.8. The van der Waals surface area contributed by atoms with E-state index < -0.39 is 64.9 Å². The van der Waals surface area contributed by atoms with Crippen LogP contribution in [0.4, 0.5) is 4.39 Å². The van der Waals surface area contributed by atoms with Gasteiger partial charge in [0.2, 0.25) is 17.7 Å². The molecule has 4 rings (SSSR count). The van der Waals surface area contributed by atoms with Crippen molar-refractivity contribution in [1.82, 2.24) is 25.8 Å². The van der Waals surface area contributed by atoms with Crippen molar-refractivity contribution in [1.29, 1.82) is 0 Å². The lowest BCUT2D eigenvalue weighted by molar-refractivity contribution is -0.145. The Balaban J connectivity index is 1.53. The number of aliphatic hydroxyl groups is 1. The number of aryl methyl sites for hydroxylation is 1. The van der Waals surface area contributed by atoms with Gasteiger partial charge in [0.25, 0.3) is 5.91 Å². The lowest BCUT2D eigenvalue weighted by atomic mass is 9.85. The van der Waals surface area contributed by atoms with E-state index in [9.17, 15) is 33.5 Å². The SMILES string of the molecule is Cc1ncsc1-c1ccc(C(CC(=O)NCCCC(=O)O)NC(=O)[C@@H]2C[C@@H](O)CN2C(=O)C(NC(=O)C2(F)CC2)C(C)(C)C)cc1. The number of benzene rings is 1. The standard InChI is InChI=1S/C32H42FN5O7S/c1-18-26(46-17-35-18)20-9-7-19(8-10-20)22(15-24(40)34-13-5-6-25(41)42)36-28(43)23-14-21(39)16-38(23)29(44)27(31(2,3)4)37-30(45)32(33)11-12-32/h7-10,17,21-23,27,39H,5-6,11-16H2,1-4H3,(H,34,40)(H,36,43)(H,37,45)(H,41,42)/t21-,22?,23+,27?/m1/s1. The Labute approximate surface area is 271 Å². The Hall–Kier alpha value is -3.91. The maximum Gasteiger partial charge on any atom is 0.303 e. The monoisotopic (exact) mass is 659 g/mol. The molecule has 2 fully saturated rings. The minimum Gasteiger partial charge on any atom is -0.481 e. The van der Waals surface area contributed by atoms with Gasteiger partial charge in [-0.1, -0.05) is 45.0 Å². The third-order valence-corrected chi connectivity index (χ3v) is 9.24. The molecule has 0 bridgehead atoms. The molecule has 4 atom stereocenters. The quantitative estimate of drug-likeness (QED) is 0.204. The fourth-order valence-electron chi connectivity index (χ4n) is 5.41. The molecule has 2 aromatic rings. The highest BCUT2D eigenvalue weighted by Gasteiger charge is 2.53. The second kappa shape index (κ2) is 14.2. The number of likely N-dealkylation sites (tertiary alicyclic amines) is 1. The largest absolute Gasteiger partial charge is 0.481 e. The average Bonchev–Trinajstić information content (AvgIpc) is 3.39. The number of aliphatic carboxylic acids is 1. The van der Waals surface area contributed by atoms with Gasteiger partial charge in [0.1, 0.15) is 12.1 Å². The highest BCUT2D eigenvalue weighted by Crippen LogP contribution is 2.40. The number of carboxylic acid groups (broad SMARTS) is 1. The molecule has 2 aliphatic rings. The van der Waals surface area contributed by atoms with Crippen LogP contribution in [-0.2, 0) is 24.0 Å². The first kappa shape index (κ1) is 35.0. The Morgan fingerprint density at radius 3 is 2.37 bits per heavy atom. The second-order valence-electron chi connectivity index (χ2n) is 13.1. The summed E-state index contributed by atoms with van der Waals surface area (Å²) in [6.45, 7) is 7.05. The van der Waals surface area contributed by atoms with Gasteiger partial charge in [-0.15, -0.1) is 11.3 Å². The molecule has 1 aromatic carbocycles. The Morgan fingerprint density at radius 2 is 1.80 bits per heavy atom. The number of hydrogen-bond donors (Lipinski definition) is 5. The number of rotatable bonds is 13. The summed E-state index contributed by atoms with van der Waals surface area (Å²) in [7, 11) is 0. The third-order valence-electron chi connectivity index (χ3n) is 8.27.